The van der Waals surface area contributed by atoms with Gasteiger partial charge in [0.15, 0.2) is 0 Å². The lowest BCUT2D eigenvalue weighted by Gasteiger charge is -2.34. The van der Waals surface area contributed by atoms with Crippen LogP contribution in [0.15, 0.2) is 6.07 Å². The van der Waals surface area contributed by atoms with E-state index in [0.29, 0.717) is 0 Å². The third-order valence-corrected chi connectivity index (χ3v) is 4.79. The van der Waals surface area contributed by atoms with E-state index in [1.54, 1.807) is 0 Å². The molecule has 3 heteroatoms. The van der Waals surface area contributed by atoms with Gasteiger partial charge in [-0.25, -0.2) is 0 Å². The van der Waals surface area contributed by atoms with Gasteiger partial charge in [0.05, 0.1) is 17.2 Å². The average molecular weight is 259 g/mol. The molecule has 1 heterocycles. The Bertz CT molecular complexity index is 459. The molecule has 1 aromatic heterocycles. The minimum Gasteiger partial charge on any atom is -0.272 e. The number of rotatable bonds is 4. The number of hydrogen-bond donors (Lipinski definition) is 0. The quantitative estimate of drug-likeness (QED) is 0.828. The zero-order valence-electron chi connectivity index (χ0n) is 12.4. The van der Waals surface area contributed by atoms with Crippen LogP contribution in [0, 0.1) is 22.7 Å². The maximum atomic E-state index is 9.64. The van der Waals surface area contributed by atoms with Crippen LogP contribution in [-0.2, 0) is 19.9 Å². The summed E-state index contributed by atoms with van der Waals surface area (Å²) < 4.78 is 1.96. The normalized spacial score (nSPS) is 27.2. The molecule has 1 aliphatic carbocycles. The predicted molar refractivity (Wildman–Crippen MR) is 76.6 cm³/mol. The third-order valence-electron chi connectivity index (χ3n) is 4.79. The lowest BCUT2D eigenvalue weighted by Crippen LogP contribution is -2.29. The predicted octanol–water partition coefficient (Wildman–Crippen LogP) is 3.64. The van der Waals surface area contributed by atoms with E-state index >= 15 is 0 Å². The van der Waals surface area contributed by atoms with Gasteiger partial charge >= 0.3 is 0 Å². The topological polar surface area (TPSA) is 41.6 Å². The van der Waals surface area contributed by atoms with E-state index in [1.807, 2.05) is 11.7 Å². The van der Waals surface area contributed by atoms with Crippen molar-refractivity contribution in [3.05, 3.63) is 17.5 Å². The second-order valence-corrected chi connectivity index (χ2v) is 6.02. The number of hydrogen-bond acceptors (Lipinski definition) is 2. The molecular formula is C16H25N3. The molecule has 0 bridgehead atoms. The van der Waals surface area contributed by atoms with E-state index in [9.17, 15) is 5.26 Å². The molecule has 104 valence electrons. The summed E-state index contributed by atoms with van der Waals surface area (Å²) in [5.41, 5.74) is 2.20. The van der Waals surface area contributed by atoms with Crippen LogP contribution in [0.4, 0.5) is 0 Å². The van der Waals surface area contributed by atoms with E-state index in [2.05, 4.69) is 31.1 Å². The van der Waals surface area contributed by atoms with Crippen molar-refractivity contribution >= 4 is 0 Å². The first kappa shape index (κ1) is 14.1. The molecule has 0 atom stereocenters. The van der Waals surface area contributed by atoms with Crippen LogP contribution >= 0.6 is 0 Å². The van der Waals surface area contributed by atoms with E-state index in [-0.39, 0.29) is 5.41 Å². The highest BCUT2D eigenvalue weighted by Crippen LogP contribution is 2.41. The molecule has 0 radical (unpaired) electrons. The summed E-state index contributed by atoms with van der Waals surface area (Å²) in [6.07, 6.45) is 7.61. The van der Waals surface area contributed by atoms with Gasteiger partial charge in [-0.15, -0.1) is 0 Å². The first-order chi connectivity index (χ1) is 9.12. The van der Waals surface area contributed by atoms with Gasteiger partial charge in [-0.2, -0.15) is 10.4 Å². The highest BCUT2D eigenvalue weighted by Gasteiger charge is 2.36. The molecule has 0 saturated heterocycles. The molecule has 1 fully saturated rings. The highest BCUT2D eigenvalue weighted by atomic mass is 15.3. The van der Waals surface area contributed by atoms with Crippen molar-refractivity contribution in [3.8, 4) is 6.07 Å². The zero-order chi connectivity index (χ0) is 13.9. The maximum absolute atomic E-state index is 9.64. The SMILES string of the molecule is CCc1cc(CC2(C#N)CCC(CC)CC2)n(C)n1. The molecule has 0 aliphatic heterocycles. The Morgan fingerprint density at radius 1 is 1.42 bits per heavy atom. The first-order valence-electron chi connectivity index (χ1n) is 7.55. The van der Waals surface area contributed by atoms with Gasteiger partial charge in [-0.3, -0.25) is 4.68 Å². The summed E-state index contributed by atoms with van der Waals surface area (Å²) in [4.78, 5) is 0. The van der Waals surface area contributed by atoms with Crippen LogP contribution in [0.3, 0.4) is 0 Å². The first-order valence-corrected chi connectivity index (χ1v) is 7.55. The van der Waals surface area contributed by atoms with E-state index in [4.69, 9.17) is 0 Å². The fourth-order valence-corrected chi connectivity index (χ4v) is 3.22. The summed E-state index contributed by atoms with van der Waals surface area (Å²) >= 11 is 0. The number of nitriles is 1. The highest BCUT2D eigenvalue weighted by molar-refractivity contribution is 5.16. The molecule has 0 spiro atoms. The molecule has 0 unspecified atom stereocenters. The van der Waals surface area contributed by atoms with Crippen LogP contribution in [0.25, 0.3) is 0 Å². The van der Waals surface area contributed by atoms with Crippen LogP contribution < -0.4 is 0 Å². The van der Waals surface area contributed by atoms with Crippen molar-refractivity contribution < 1.29 is 0 Å². The lowest BCUT2D eigenvalue weighted by molar-refractivity contribution is 0.202. The summed E-state index contributed by atoms with van der Waals surface area (Å²) in [6, 6.07) is 4.80. The molecule has 0 aromatic carbocycles. The Labute approximate surface area is 116 Å². The van der Waals surface area contributed by atoms with Crippen LogP contribution in [-0.4, -0.2) is 9.78 Å². The van der Waals surface area contributed by atoms with Gasteiger partial charge in [0.1, 0.15) is 0 Å². The molecule has 0 N–H and O–H groups in total. The van der Waals surface area contributed by atoms with Crippen molar-refractivity contribution in [2.24, 2.45) is 18.4 Å². The molecule has 1 aliphatic rings. The van der Waals surface area contributed by atoms with E-state index in [0.717, 1.165) is 37.3 Å². The van der Waals surface area contributed by atoms with Crippen LogP contribution in [0.5, 0.6) is 0 Å². The van der Waals surface area contributed by atoms with Gasteiger partial charge in [0.2, 0.25) is 0 Å². The zero-order valence-corrected chi connectivity index (χ0v) is 12.4. The van der Waals surface area contributed by atoms with Gasteiger partial charge in [-0.05, 0) is 44.1 Å². The van der Waals surface area contributed by atoms with E-state index in [1.165, 1.54) is 25.0 Å². The van der Waals surface area contributed by atoms with E-state index < -0.39 is 0 Å². The standard InChI is InChI=1S/C16H25N3/c1-4-13-6-8-16(12-17,9-7-13)11-15-10-14(5-2)18-19(15)3/h10,13H,4-9,11H2,1-3H3. The minimum atomic E-state index is -0.148. The smallest absolute Gasteiger partial charge is 0.0693 e. The molecule has 3 nitrogen and oxygen atoms in total. The Balaban J connectivity index is 2.11. The Hall–Kier alpha value is -1.30. The number of aryl methyl sites for hydroxylation is 2. The van der Waals surface area contributed by atoms with Crippen molar-refractivity contribution in [2.45, 2.75) is 58.8 Å². The molecular weight excluding hydrogens is 234 g/mol. The number of nitrogens with zero attached hydrogens (tertiary/aromatic N) is 3. The van der Waals surface area contributed by atoms with Gasteiger partial charge in [-0.1, -0.05) is 20.3 Å². The Morgan fingerprint density at radius 2 is 2.11 bits per heavy atom. The molecule has 1 saturated carbocycles. The van der Waals surface area contributed by atoms with Gasteiger partial charge in [0, 0.05) is 19.2 Å². The van der Waals surface area contributed by atoms with Crippen molar-refractivity contribution in [2.75, 3.05) is 0 Å². The molecule has 0 amide bonds. The maximum Gasteiger partial charge on any atom is 0.0693 e. The fraction of sp³-hybridized carbons (Fsp3) is 0.750. The van der Waals surface area contributed by atoms with Crippen molar-refractivity contribution in [1.29, 1.82) is 5.26 Å². The average Bonchev–Trinajstić information content (AvgIpc) is 2.80. The second-order valence-electron chi connectivity index (χ2n) is 6.02. The molecule has 1 aromatic rings. The number of aromatic nitrogens is 2. The Morgan fingerprint density at radius 3 is 2.58 bits per heavy atom. The van der Waals surface area contributed by atoms with Crippen LogP contribution in [0.1, 0.15) is 57.3 Å². The minimum absolute atomic E-state index is 0.148. The summed E-state index contributed by atoms with van der Waals surface area (Å²) in [5.74, 6) is 0.833. The summed E-state index contributed by atoms with van der Waals surface area (Å²) in [7, 11) is 2.00. The Kier molecular flexibility index (Phi) is 4.29. The largest absolute Gasteiger partial charge is 0.272 e. The van der Waals surface area contributed by atoms with Gasteiger partial charge < -0.3 is 0 Å². The van der Waals surface area contributed by atoms with Crippen molar-refractivity contribution in [1.82, 2.24) is 9.78 Å². The van der Waals surface area contributed by atoms with Crippen LogP contribution in [0.2, 0.25) is 0 Å². The fourth-order valence-electron chi connectivity index (χ4n) is 3.22. The van der Waals surface area contributed by atoms with Crippen molar-refractivity contribution in [3.63, 3.8) is 0 Å². The molecule has 19 heavy (non-hydrogen) atoms. The second kappa shape index (κ2) is 5.77. The summed E-state index contributed by atoms with van der Waals surface area (Å²) in [6.45, 7) is 4.39. The third kappa shape index (κ3) is 3.00. The summed E-state index contributed by atoms with van der Waals surface area (Å²) in [5, 5.41) is 14.1. The monoisotopic (exact) mass is 259 g/mol. The van der Waals surface area contributed by atoms with Gasteiger partial charge in [0.25, 0.3) is 0 Å². The lowest BCUT2D eigenvalue weighted by atomic mass is 9.68. The molecule has 2 rings (SSSR count).